The van der Waals surface area contributed by atoms with Gasteiger partial charge in [0.15, 0.2) is 12.4 Å². The van der Waals surface area contributed by atoms with Gasteiger partial charge in [0.2, 0.25) is 0 Å². The van der Waals surface area contributed by atoms with Gasteiger partial charge in [-0.25, -0.2) is 4.79 Å². The molecule has 11 nitrogen and oxygen atoms in total. The van der Waals surface area contributed by atoms with Gasteiger partial charge in [-0.15, -0.1) is 0 Å². The number of fused-ring (bicyclic) bond motifs is 2. The van der Waals surface area contributed by atoms with Gasteiger partial charge in [-0.2, -0.15) is 0 Å². The molecule has 2 bridgehead atoms. The maximum absolute atomic E-state index is 12.9. The fourth-order valence-electron chi connectivity index (χ4n) is 5.12. The number of rotatable bonds is 5. The third-order valence-corrected chi connectivity index (χ3v) is 7.23. The summed E-state index contributed by atoms with van der Waals surface area (Å²) in [4.78, 5) is 36.5. The predicted octanol–water partition coefficient (Wildman–Crippen LogP) is 4.02. The molecule has 6 atom stereocenters. The molecule has 0 saturated carbocycles. The van der Waals surface area contributed by atoms with Crippen molar-refractivity contribution in [3.63, 3.8) is 0 Å². The number of benzene rings is 1. The quantitative estimate of drug-likeness (QED) is 0.176. The molecule has 2 amide bonds. The molecule has 11 heteroatoms. The van der Waals surface area contributed by atoms with Crippen LogP contribution < -0.4 is 11.1 Å². The molecule has 1 aliphatic rings. The number of methoxy groups -OCH3 is 3. The van der Waals surface area contributed by atoms with Crippen LogP contribution in [0.25, 0.3) is 0 Å². The maximum atomic E-state index is 12.9. The lowest BCUT2D eigenvalue weighted by atomic mass is 9.87. The Morgan fingerprint density at radius 1 is 1.12 bits per heavy atom. The molecule has 0 radical (unpaired) electrons. The van der Waals surface area contributed by atoms with E-state index in [1.165, 1.54) is 13.2 Å². The first-order valence-corrected chi connectivity index (χ1v) is 13.3. The van der Waals surface area contributed by atoms with E-state index in [4.69, 9.17) is 24.7 Å². The molecular weight excluding hydrogens is 532 g/mol. The number of hydrogen-bond donors (Lipinski definition) is 4. The van der Waals surface area contributed by atoms with Crippen molar-refractivity contribution >= 4 is 24.0 Å². The summed E-state index contributed by atoms with van der Waals surface area (Å²) >= 11 is 0. The third kappa shape index (κ3) is 8.66. The predicted molar refractivity (Wildman–Crippen MR) is 154 cm³/mol. The van der Waals surface area contributed by atoms with Gasteiger partial charge >= 0.3 is 6.09 Å². The van der Waals surface area contributed by atoms with Gasteiger partial charge in [0, 0.05) is 44.5 Å². The first kappa shape index (κ1) is 33.5. The SMILES string of the molecule is CO[C@H]1[C@H](C)/C=C(\C)[C@@H](OC(N)=O)[C@@H](OC)/C=C/C=C(\C)C(=O)Nc2cc(O)c(C=O)c(c2O)C[C@@H](C)C[C@H]1OC. The Hall–Kier alpha value is -3.67. The number of hydrogen-bond acceptors (Lipinski definition) is 9. The highest BCUT2D eigenvalue weighted by Gasteiger charge is 2.31. The summed E-state index contributed by atoms with van der Waals surface area (Å²) in [6.07, 6.45) is 4.36. The van der Waals surface area contributed by atoms with Crippen LogP contribution in [0.1, 0.15) is 50.0 Å². The summed E-state index contributed by atoms with van der Waals surface area (Å²) < 4.78 is 22.6. The molecule has 0 fully saturated rings. The maximum Gasteiger partial charge on any atom is 0.405 e. The van der Waals surface area contributed by atoms with E-state index in [0.717, 1.165) is 6.07 Å². The fraction of sp³-hybridized carbons (Fsp3) is 0.500. The Bertz CT molecular complexity index is 1190. The Morgan fingerprint density at radius 3 is 2.37 bits per heavy atom. The van der Waals surface area contributed by atoms with Crippen LogP contribution in [-0.4, -0.2) is 74.2 Å². The molecule has 41 heavy (non-hydrogen) atoms. The fourth-order valence-corrected chi connectivity index (χ4v) is 5.12. The summed E-state index contributed by atoms with van der Waals surface area (Å²) in [5.74, 6) is -1.58. The molecule has 0 spiro atoms. The van der Waals surface area contributed by atoms with Crippen molar-refractivity contribution in [2.75, 3.05) is 26.6 Å². The van der Waals surface area contributed by atoms with Crippen molar-refractivity contribution in [3.8, 4) is 11.5 Å². The van der Waals surface area contributed by atoms with Gasteiger partial charge in [-0.1, -0.05) is 38.2 Å². The van der Waals surface area contributed by atoms with E-state index < -0.39 is 36.4 Å². The first-order valence-electron chi connectivity index (χ1n) is 13.3. The lowest BCUT2D eigenvalue weighted by Crippen LogP contribution is -2.38. The van der Waals surface area contributed by atoms with E-state index in [0.29, 0.717) is 18.3 Å². The number of anilines is 1. The van der Waals surface area contributed by atoms with Crippen LogP contribution in [0.4, 0.5) is 10.5 Å². The molecular formula is C30H42N2O9. The highest BCUT2D eigenvalue weighted by molar-refractivity contribution is 6.05. The highest BCUT2D eigenvalue weighted by atomic mass is 16.6. The second kappa shape index (κ2) is 15.4. The number of aromatic hydroxyl groups is 2. The zero-order chi connectivity index (χ0) is 30.9. The van der Waals surface area contributed by atoms with Gasteiger partial charge in [0.05, 0.1) is 23.5 Å². The van der Waals surface area contributed by atoms with Crippen LogP contribution >= 0.6 is 0 Å². The molecule has 0 unspecified atom stereocenters. The molecule has 1 aromatic carbocycles. The number of allylic oxidation sites excluding steroid dienone is 2. The van der Waals surface area contributed by atoms with Crippen LogP contribution in [0.3, 0.4) is 0 Å². The van der Waals surface area contributed by atoms with Crippen molar-refractivity contribution in [2.45, 2.75) is 65.0 Å². The van der Waals surface area contributed by atoms with E-state index >= 15 is 0 Å². The molecule has 0 aliphatic carbocycles. The van der Waals surface area contributed by atoms with Gasteiger partial charge in [-0.05, 0) is 38.2 Å². The lowest BCUT2D eigenvalue weighted by Gasteiger charge is -2.32. The van der Waals surface area contributed by atoms with Crippen LogP contribution in [0.15, 0.2) is 41.5 Å². The Labute approximate surface area is 241 Å². The number of amides is 2. The number of nitrogens with one attached hydrogen (secondary N) is 1. The lowest BCUT2D eigenvalue weighted by molar-refractivity contribution is -0.112. The van der Waals surface area contributed by atoms with E-state index in [9.17, 15) is 24.6 Å². The Balaban J connectivity index is 2.69. The summed E-state index contributed by atoms with van der Waals surface area (Å²) in [7, 11) is 4.60. The minimum Gasteiger partial charge on any atom is -0.507 e. The molecule has 2 rings (SSSR count). The van der Waals surface area contributed by atoms with Crippen molar-refractivity contribution in [2.24, 2.45) is 17.6 Å². The number of aldehydes is 1. The summed E-state index contributed by atoms with van der Waals surface area (Å²) in [6, 6.07) is 1.14. The number of carbonyl (C=O) groups excluding carboxylic acids is 3. The number of phenolic OH excluding ortho intramolecular Hbond substituents is 2. The van der Waals surface area contributed by atoms with E-state index in [1.54, 1.807) is 40.2 Å². The number of nitrogens with two attached hydrogens (primary N) is 1. The van der Waals surface area contributed by atoms with Gasteiger partial charge < -0.3 is 40.2 Å². The van der Waals surface area contributed by atoms with E-state index in [-0.39, 0.29) is 52.1 Å². The molecule has 1 aliphatic heterocycles. The van der Waals surface area contributed by atoms with Crippen LogP contribution in [0.5, 0.6) is 11.5 Å². The topological polar surface area (TPSA) is 167 Å². The van der Waals surface area contributed by atoms with Gasteiger partial charge in [0.25, 0.3) is 5.91 Å². The molecule has 0 aromatic heterocycles. The standard InChI is InChI=1S/C30H42N2O9/c1-16-11-20-21(15-33)23(34)14-22(26(20)35)32-29(36)17(2)9-8-10-24(38-5)28(41-30(31)37)19(4)13-18(3)27(40-7)25(12-16)39-6/h8-10,13-16,18,24-25,27-28,34-35H,11-12H2,1-7H3,(H2,31,37)(H,32,36)/b10-8+,17-9+,19-13+/t16-,18-,24+,25-,27+,28-/m1/s1. The highest BCUT2D eigenvalue weighted by Crippen LogP contribution is 2.38. The Morgan fingerprint density at radius 2 is 1.80 bits per heavy atom. The van der Waals surface area contributed by atoms with Crippen molar-refractivity contribution in [1.29, 1.82) is 0 Å². The Kier molecular flexibility index (Phi) is 12.6. The first-order chi connectivity index (χ1) is 19.4. The largest absolute Gasteiger partial charge is 0.507 e. The zero-order valence-corrected chi connectivity index (χ0v) is 24.7. The van der Waals surface area contributed by atoms with Crippen LogP contribution in [-0.2, 0) is 30.2 Å². The van der Waals surface area contributed by atoms with Crippen molar-refractivity contribution < 1.29 is 43.5 Å². The summed E-state index contributed by atoms with van der Waals surface area (Å²) in [6.45, 7) is 7.21. The second-order valence-electron chi connectivity index (χ2n) is 10.3. The summed E-state index contributed by atoms with van der Waals surface area (Å²) in [5, 5.41) is 24.2. The molecule has 1 heterocycles. The number of primary amides is 1. The number of phenols is 2. The zero-order valence-electron chi connectivity index (χ0n) is 24.7. The molecule has 0 saturated heterocycles. The van der Waals surface area contributed by atoms with Gasteiger partial charge in [-0.3, -0.25) is 9.59 Å². The molecule has 226 valence electrons. The normalized spacial score (nSPS) is 29.8. The smallest absolute Gasteiger partial charge is 0.405 e. The minimum absolute atomic E-state index is 0.0360. The van der Waals surface area contributed by atoms with E-state index in [1.807, 2.05) is 19.9 Å². The average Bonchev–Trinajstić information content (AvgIpc) is 2.91. The average molecular weight is 575 g/mol. The van der Waals surface area contributed by atoms with E-state index in [2.05, 4.69) is 5.32 Å². The number of carbonyl (C=O) groups is 3. The number of ether oxygens (including phenoxy) is 4. The third-order valence-electron chi connectivity index (χ3n) is 7.23. The molecule has 1 aromatic rings. The van der Waals surface area contributed by atoms with Crippen molar-refractivity contribution in [3.05, 3.63) is 52.6 Å². The second-order valence-corrected chi connectivity index (χ2v) is 10.3. The molecule has 5 N–H and O–H groups in total. The van der Waals surface area contributed by atoms with Crippen LogP contribution in [0, 0.1) is 11.8 Å². The van der Waals surface area contributed by atoms with Gasteiger partial charge in [0.1, 0.15) is 17.6 Å². The van der Waals surface area contributed by atoms with Crippen LogP contribution in [0.2, 0.25) is 0 Å². The minimum atomic E-state index is -0.971. The summed E-state index contributed by atoms with van der Waals surface area (Å²) in [5.41, 5.74) is 6.43. The monoisotopic (exact) mass is 574 g/mol. The van der Waals surface area contributed by atoms with Crippen molar-refractivity contribution in [1.82, 2.24) is 0 Å².